The first-order chi connectivity index (χ1) is 17.2. The zero-order chi connectivity index (χ0) is 24.3. The molecule has 35 heavy (non-hydrogen) atoms. The molecule has 0 spiro atoms. The second-order valence-electron chi connectivity index (χ2n) is 7.94. The Balaban J connectivity index is 1.34. The monoisotopic (exact) mass is 458 g/mol. The van der Waals surface area contributed by atoms with E-state index in [2.05, 4.69) is 78.9 Å². The van der Waals surface area contributed by atoms with Crippen LogP contribution in [-0.2, 0) is 6.42 Å². The Morgan fingerprint density at radius 2 is 1.03 bits per heavy atom. The van der Waals surface area contributed by atoms with E-state index in [9.17, 15) is 0 Å². The van der Waals surface area contributed by atoms with Crippen LogP contribution in [0.4, 0.5) is 0 Å². The summed E-state index contributed by atoms with van der Waals surface area (Å²) in [5, 5.41) is 16.9. The average molecular weight is 459 g/mol. The first kappa shape index (κ1) is 23.6. The minimum Gasteiger partial charge on any atom is -0.255 e. The molecule has 0 saturated heterocycles. The van der Waals surface area contributed by atoms with Gasteiger partial charge in [0.2, 0.25) is 0 Å². The molecule has 0 amide bonds. The first-order valence-corrected chi connectivity index (χ1v) is 11.3. The lowest BCUT2D eigenvalue weighted by atomic mass is 10.0. The van der Waals surface area contributed by atoms with Crippen LogP contribution in [0.3, 0.4) is 0 Å². The van der Waals surface area contributed by atoms with Gasteiger partial charge in [-0.25, -0.2) is 0 Å². The van der Waals surface area contributed by atoms with E-state index in [-0.39, 0.29) is 0 Å². The molecular formula is C29H26N6. The Morgan fingerprint density at radius 1 is 0.600 bits per heavy atom. The van der Waals surface area contributed by atoms with Crippen LogP contribution in [0.2, 0.25) is 0 Å². The van der Waals surface area contributed by atoms with Crippen LogP contribution >= 0.6 is 0 Å². The van der Waals surface area contributed by atoms with Gasteiger partial charge in [0.15, 0.2) is 0 Å². The first-order valence-electron chi connectivity index (χ1n) is 11.3. The van der Waals surface area contributed by atoms with E-state index in [0.717, 1.165) is 40.4 Å². The summed E-state index contributed by atoms with van der Waals surface area (Å²) in [4.78, 5) is 8.41. The second kappa shape index (κ2) is 12.0. The van der Waals surface area contributed by atoms with Gasteiger partial charge in [-0.05, 0) is 66.8 Å². The smallest absolute Gasteiger partial charge is 0.0831 e. The number of aromatic nitrogens is 2. The fourth-order valence-electron chi connectivity index (χ4n) is 3.33. The van der Waals surface area contributed by atoms with Crippen molar-refractivity contribution in [3.8, 4) is 0 Å². The standard InChI is InChI=1S/C29H26N6/c1-22(34-32-20-28-7-3-5-17-30-28)26-13-9-24(10-14-26)19-25-11-15-27(16-12-25)23(2)35-33-21-29-8-4-6-18-31-29/h3-18,20-21H,19H2,1-2H3/b32-20+,33-21+,34-22+,35-23+. The van der Waals surface area contributed by atoms with E-state index in [1.807, 2.05) is 50.2 Å². The van der Waals surface area contributed by atoms with Crippen LogP contribution in [0.25, 0.3) is 0 Å². The molecule has 0 N–H and O–H groups in total. The third-order valence-corrected chi connectivity index (χ3v) is 5.32. The predicted molar refractivity (Wildman–Crippen MR) is 144 cm³/mol. The average Bonchev–Trinajstić information content (AvgIpc) is 2.90. The van der Waals surface area contributed by atoms with Crippen molar-refractivity contribution in [1.29, 1.82) is 0 Å². The fourth-order valence-corrected chi connectivity index (χ4v) is 3.33. The van der Waals surface area contributed by atoms with Crippen molar-refractivity contribution in [2.75, 3.05) is 0 Å². The van der Waals surface area contributed by atoms with E-state index in [1.54, 1.807) is 24.8 Å². The van der Waals surface area contributed by atoms with Crippen LogP contribution in [0.5, 0.6) is 0 Å². The zero-order valence-corrected chi connectivity index (χ0v) is 19.8. The number of nitrogens with zero attached hydrogens (tertiary/aromatic N) is 6. The van der Waals surface area contributed by atoms with Crippen molar-refractivity contribution >= 4 is 23.9 Å². The molecule has 4 rings (SSSR count). The maximum absolute atomic E-state index is 4.29. The van der Waals surface area contributed by atoms with Crippen LogP contribution < -0.4 is 0 Å². The van der Waals surface area contributed by atoms with Crippen LogP contribution in [-0.4, -0.2) is 33.8 Å². The lowest BCUT2D eigenvalue weighted by Gasteiger charge is -2.06. The highest BCUT2D eigenvalue weighted by atomic mass is 15.2. The second-order valence-corrected chi connectivity index (χ2v) is 7.94. The van der Waals surface area contributed by atoms with E-state index < -0.39 is 0 Å². The summed E-state index contributed by atoms with van der Waals surface area (Å²) in [5.41, 5.74) is 7.82. The quantitative estimate of drug-likeness (QED) is 0.249. The highest BCUT2D eigenvalue weighted by Crippen LogP contribution is 2.13. The molecule has 0 aliphatic rings. The fraction of sp³-hybridized carbons (Fsp3) is 0.103. The highest BCUT2D eigenvalue weighted by Gasteiger charge is 2.02. The topological polar surface area (TPSA) is 75.2 Å². The molecular weight excluding hydrogens is 432 g/mol. The molecule has 0 bridgehead atoms. The molecule has 6 heteroatoms. The summed E-state index contributed by atoms with van der Waals surface area (Å²) in [7, 11) is 0. The van der Waals surface area contributed by atoms with E-state index in [0.29, 0.717) is 0 Å². The van der Waals surface area contributed by atoms with Gasteiger partial charge in [0, 0.05) is 12.4 Å². The Kier molecular flexibility index (Phi) is 8.11. The maximum atomic E-state index is 4.29. The summed E-state index contributed by atoms with van der Waals surface area (Å²) < 4.78 is 0. The molecule has 2 aromatic carbocycles. The molecule has 4 aromatic rings. The summed E-state index contributed by atoms with van der Waals surface area (Å²) in [5.74, 6) is 0. The van der Waals surface area contributed by atoms with Crippen LogP contribution in [0.15, 0.2) is 118 Å². The van der Waals surface area contributed by atoms with Gasteiger partial charge in [0.05, 0.1) is 35.2 Å². The molecule has 2 heterocycles. The molecule has 0 fully saturated rings. The number of hydrogen-bond donors (Lipinski definition) is 0. The number of pyridine rings is 2. The van der Waals surface area contributed by atoms with Crippen molar-refractivity contribution in [1.82, 2.24) is 9.97 Å². The molecule has 2 aromatic heterocycles. The Bertz CT molecular complexity index is 1230. The molecule has 0 aliphatic heterocycles. The molecule has 0 saturated carbocycles. The molecule has 0 atom stereocenters. The van der Waals surface area contributed by atoms with E-state index in [1.165, 1.54) is 11.1 Å². The van der Waals surface area contributed by atoms with Gasteiger partial charge in [-0.1, -0.05) is 60.7 Å². The van der Waals surface area contributed by atoms with Crippen molar-refractivity contribution in [2.45, 2.75) is 20.3 Å². The number of rotatable bonds is 8. The molecule has 172 valence electrons. The summed E-state index contributed by atoms with van der Waals surface area (Å²) in [6, 6.07) is 28.2. The lowest BCUT2D eigenvalue weighted by Crippen LogP contribution is -1.97. The molecule has 0 unspecified atom stereocenters. The predicted octanol–water partition coefficient (Wildman–Crippen LogP) is 5.75. The van der Waals surface area contributed by atoms with Crippen LogP contribution in [0, 0.1) is 0 Å². The van der Waals surface area contributed by atoms with Crippen LogP contribution in [0.1, 0.15) is 47.5 Å². The van der Waals surface area contributed by atoms with Gasteiger partial charge in [-0.2, -0.15) is 20.4 Å². The highest BCUT2D eigenvalue weighted by molar-refractivity contribution is 5.99. The molecule has 0 aliphatic carbocycles. The molecule has 0 radical (unpaired) electrons. The van der Waals surface area contributed by atoms with Gasteiger partial charge in [0.1, 0.15) is 0 Å². The summed E-state index contributed by atoms with van der Waals surface area (Å²) in [6.07, 6.45) is 7.63. The third kappa shape index (κ3) is 7.20. The van der Waals surface area contributed by atoms with Crippen molar-refractivity contribution in [3.63, 3.8) is 0 Å². The summed E-state index contributed by atoms with van der Waals surface area (Å²) >= 11 is 0. The zero-order valence-electron chi connectivity index (χ0n) is 19.8. The number of benzene rings is 2. The van der Waals surface area contributed by atoms with E-state index >= 15 is 0 Å². The van der Waals surface area contributed by atoms with Gasteiger partial charge >= 0.3 is 0 Å². The molecule has 6 nitrogen and oxygen atoms in total. The van der Waals surface area contributed by atoms with Gasteiger partial charge in [-0.15, -0.1) is 0 Å². The SMILES string of the molecule is C/C(=N\N=C\c1ccccn1)c1ccc(Cc2ccc(/C(C)=N/N=C/c3ccccn3)cc2)cc1. The Morgan fingerprint density at radius 3 is 1.40 bits per heavy atom. The summed E-state index contributed by atoms with van der Waals surface area (Å²) in [6.45, 7) is 3.90. The van der Waals surface area contributed by atoms with Crippen molar-refractivity contribution in [2.24, 2.45) is 20.4 Å². The maximum Gasteiger partial charge on any atom is 0.0831 e. The lowest BCUT2D eigenvalue weighted by molar-refractivity contribution is 1.18. The Hall–Kier alpha value is -4.58. The third-order valence-electron chi connectivity index (χ3n) is 5.32. The van der Waals surface area contributed by atoms with Crippen molar-refractivity contribution < 1.29 is 0 Å². The Labute approximate surface area is 205 Å². The number of hydrogen-bond acceptors (Lipinski definition) is 6. The van der Waals surface area contributed by atoms with Gasteiger partial charge < -0.3 is 0 Å². The van der Waals surface area contributed by atoms with Gasteiger partial charge in [-0.3, -0.25) is 9.97 Å². The van der Waals surface area contributed by atoms with Crippen molar-refractivity contribution in [3.05, 3.63) is 131 Å². The minimum atomic E-state index is 0.782. The minimum absolute atomic E-state index is 0.782. The largest absolute Gasteiger partial charge is 0.255 e. The van der Waals surface area contributed by atoms with Gasteiger partial charge in [0.25, 0.3) is 0 Å². The normalized spacial score (nSPS) is 12.5. The van der Waals surface area contributed by atoms with E-state index in [4.69, 9.17) is 0 Å².